The average Bonchev–Trinajstić information content (AvgIpc) is 3.21. The molecule has 1 amide bonds. The molecule has 2 aromatic carbocycles. The summed E-state index contributed by atoms with van der Waals surface area (Å²) in [5.74, 6) is 0.574. The number of nitrogens with zero attached hydrogens (tertiary/aromatic N) is 1. The van der Waals surface area contributed by atoms with Gasteiger partial charge in [0.2, 0.25) is 0 Å². The monoisotopic (exact) mass is 304 g/mol. The van der Waals surface area contributed by atoms with Crippen LogP contribution in [-0.4, -0.2) is 28.9 Å². The number of para-hydroxylation sites is 1. The third-order valence-electron chi connectivity index (χ3n) is 4.91. The molecule has 2 heterocycles. The number of carbonyl (C=O) groups is 1. The van der Waals surface area contributed by atoms with Gasteiger partial charge < -0.3 is 9.88 Å². The van der Waals surface area contributed by atoms with Crippen molar-refractivity contribution in [1.29, 1.82) is 0 Å². The lowest BCUT2D eigenvalue weighted by atomic mass is 9.98. The van der Waals surface area contributed by atoms with Crippen molar-refractivity contribution >= 4 is 16.8 Å². The number of hydrogen-bond donors (Lipinski definition) is 1. The minimum atomic E-state index is 0.158. The molecule has 116 valence electrons. The standard InChI is InChI=1S/C20H20N2O/c1-14-6-2-3-7-16(14)20(23)22-11-10-15(13-22)18-12-21-19-9-5-4-8-17(18)19/h2-9,12,15,21H,10-11,13H2,1H3. The molecule has 1 atom stereocenters. The van der Waals surface area contributed by atoms with Crippen LogP contribution in [0.4, 0.5) is 0 Å². The van der Waals surface area contributed by atoms with Crippen LogP contribution in [0.3, 0.4) is 0 Å². The third-order valence-corrected chi connectivity index (χ3v) is 4.91. The summed E-state index contributed by atoms with van der Waals surface area (Å²) in [5, 5.41) is 1.28. The van der Waals surface area contributed by atoms with Crippen LogP contribution in [0.25, 0.3) is 10.9 Å². The van der Waals surface area contributed by atoms with E-state index in [1.807, 2.05) is 42.2 Å². The predicted molar refractivity (Wildman–Crippen MR) is 92.7 cm³/mol. The highest BCUT2D eigenvalue weighted by molar-refractivity contribution is 5.96. The number of carbonyl (C=O) groups excluding carboxylic acids is 1. The van der Waals surface area contributed by atoms with Crippen molar-refractivity contribution in [3.63, 3.8) is 0 Å². The number of fused-ring (bicyclic) bond motifs is 1. The van der Waals surface area contributed by atoms with Gasteiger partial charge in [-0.1, -0.05) is 36.4 Å². The Hall–Kier alpha value is -2.55. The molecule has 0 aliphatic carbocycles. The normalized spacial score (nSPS) is 17.8. The largest absolute Gasteiger partial charge is 0.361 e. The second kappa shape index (κ2) is 5.58. The Kier molecular flexibility index (Phi) is 3.41. The molecule has 1 fully saturated rings. The molecule has 1 saturated heterocycles. The Morgan fingerprint density at radius 2 is 1.91 bits per heavy atom. The summed E-state index contributed by atoms with van der Waals surface area (Å²) < 4.78 is 0. The highest BCUT2D eigenvalue weighted by atomic mass is 16.2. The summed E-state index contributed by atoms with van der Waals surface area (Å²) in [4.78, 5) is 18.1. The Bertz CT molecular complexity index is 865. The van der Waals surface area contributed by atoms with Crippen LogP contribution in [0.5, 0.6) is 0 Å². The van der Waals surface area contributed by atoms with Crippen molar-refractivity contribution in [1.82, 2.24) is 9.88 Å². The summed E-state index contributed by atoms with van der Waals surface area (Å²) in [6, 6.07) is 16.2. The molecule has 1 unspecified atom stereocenters. The van der Waals surface area contributed by atoms with Gasteiger partial charge in [0, 0.05) is 41.7 Å². The molecule has 1 aromatic heterocycles. The fourth-order valence-corrected chi connectivity index (χ4v) is 3.61. The van der Waals surface area contributed by atoms with Gasteiger partial charge in [-0.05, 0) is 36.6 Å². The number of benzene rings is 2. The van der Waals surface area contributed by atoms with E-state index in [1.54, 1.807) is 0 Å². The molecule has 3 aromatic rings. The van der Waals surface area contributed by atoms with Gasteiger partial charge >= 0.3 is 0 Å². The maximum Gasteiger partial charge on any atom is 0.254 e. The van der Waals surface area contributed by atoms with Gasteiger partial charge in [-0.3, -0.25) is 4.79 Å². The first-order valence-electron chi connectivity index (χ1n) is 8.15. The molecular formula is C20H20N2O. The molecule has 3 nitrogen and oxygen atoms in total. The van der Waals surface area contributed by atoms with Gasteiger partial charge in [-0.25, -0.2) is 0 Å². The maximum atomic E-state index is 12.8. The van der Waals surface area contributed by atoms with E-state index in [0.29, 0.717) is 5.92 Å². The Labute approximate surface area is 135 Å². The lowest BCUT2D eigenvalue weighted by molar-refractivity contribution is 0.0790. The summed E-state index contributed by atoms with van der Waals surface area (Å²) >= 11 is 0. The first kappa shape index (κ1) is 14.1. The zero-order valence-electron chi connectivity index (χ0n) is 13.3. The molecule has 1 N–H and O–H groups in total. The summed E-state index contributed by atoms with van der Waals surface area (Å²) in [6.07, 6.45) is 3.14. The molecular weight excluding hydrogens is 284 g/mol. The van der Waals surface area contributed by atoms with Crippen LogP contribution < -0.4 is 0 Å². The van der Waals surface area contributed by atoms with Crippen LogP contribution in [0.2, 0.25) is 0 Å². The number of rotatable bonds is 2. The van der Waals surface area contributed by atoms with Crippen LogP contribution in [0.15, 0.2) is 54.7 Å². The minimum absolute atomic E-state index is 0.158. The summed E-state index contributed by atoms with van der Waals surface area (Å²) in [6.45, 7) is 3.63. The van der Waals surface area contributed by atoms with Crippen LogP contribution >= 0.6 is 0 Å². The highest BCUT2D eigenvalue weighted by Gasteiger charge is 2.29. The molecule has 3 heteroatoms. The van der Waals surface area contributed by atoms with Crippen molar-refractivity contribution in [2.24, 2.45) is 0 Å². The molecule has 1 aliphatic heterocycles. The van der Waals surface area contributed by atoms with Crippen molar-refractivity contribution in [3.05, 3.63) is 71.4 Å². The fourth-order valence-electron chi connectivity index (χ4n) is 3.61. The quantitative estimate of drug-likeness (QED) is 0.760. The molecule has 0 radical (unpaired) electrons. The predicted octanol–water partition coefficient (Wildman–Crippen LogP) is 4.11. The van der Waals surface area contributed by atoms with E-state index in [9.17, 15) is 4.79 Å². The van der Waals surface area contributed by atoms with Crippen molar-refractivity contribution in [3.8, 4) is 0 Å². The summed E-state index contributed by atoms with van der Waals surface area (Å²) in [7, 11) is 0. The molecule has 4 rings (SSSR count). The second-order valence-electron chi connectivity index (χ2n) is 6.34. The molecule has 0 spiro atoms. The SMILES string of the molecule is Cc1ccccc1C(=O)N1CCC(c2c[nH]c3ccccc23)C1. The topological polar surface area (TPSA) is 36.1 Å². The van der Waals surface area contributed by atoms with Crippen LogP contribution in [0.1, 0.15) is 33.8 Å². The lowest BCUT2D eigenvalue weighted by Gasteiger charge is -2.17. The number of hydrogen-bond acceptors (Lipinski definition) is 1. The number of nitrogens with one attached hydrogen (secondary N) is 1. The van der Waals surface area contributed by atoms with E-state index in [0.717, 1.165) is 30.6 Å². The number of aromatic nitrogens is 1. The Balaban J connectivity index is 1.58. The van der Waals surface area contributed by atoms with Gasteiger partial charge in [-0.15, -0.1) is 0 Å². The van der Waals surface area contributed by atoms with E-state index in [1.165, 1.54) is 16.5 Å². The van der Waals surface area contributed by atoms with E-state index in [4.69, 9.17) is 0 Å². The van der Waals surface area contributed by atoms with Crippen LogP contribution in [0, 0.1) is 6.92 Å². The van der Waals surface area contributed by atoms with Gasteiger partial charge in [0.25, 0.3) is 5.91 Å². The highest BCUT2D eigenvalue weighted by Crippen LogP contribution is 2.33. The number of likely N-dealkylation sites (tertiary alicyclic amines) is 1. The minimum Gasteiger partial charge on any atom is -0.361 e. The summed E-state index contributed by atoms with van der Waals surface area (Å²) in [5.41, 5.74) is 4.38. The zero-order chi connectivity index (χ0) is 15.8. The van der Waals surface area contributed by atoms with Crippen molar-refractivity contribution < 1.29 is 4.79 Å². The fraction of sp³-hybridized carbons (Fsp3) is 0.250. The second-order valence-corrected chi connectivity index (χ2v) is 6.34. The first-order chi connectivity index (χ1) is 11.2. The smallest absolute Gasteiger partial charge is 0.254 e. The Morgan fingerprint density at radius 3 is 2.78 bits per heavy atom. The third kappa shape index (κ3) is 2.42. The number of aryl methyl sites for hydroxylation is 1. The van der Waals surface area contributed by atoms with Gasteiger partial charge in [-0.2, -0.15) is 0 Å². The van der Waals surface area contributed by atoms with Gasteiger partial charge in [0.05, 0.1) is 0 Å². The number of H-pyrrole nitrogens is 1. The Morgan fingerprint density at radius 1 is 1.13 bits per heavy atom. The molecule has 0 bridgehead atoms. The molecule has 1 aliphatic rings. The number of aromatic amines is 1. The van der Waals surface area contributed by atoms with E-state index < -0.39 is 0 Å². The van der Waals surface area contributed by atoms with Crippen molar-refractivity contribution in [2.45, 2.75) is 19.3 Å². The molecule has 0 saturated carbocycles. The van der Waals surface area contributed by atoms with E-state index in [-0.39, 0.29) is 5.91 Å². The zero-order valence-corrected chi connectivity index (χ0v) is 13.3. The van der Waals surface area contributed by atoms with Gasteiger partial charge in [0.15, 0.2) is 0 Å². The lowest BCUT2D eigenvalue weighted by Crippen LogP contribution is -2.29. The average molecular weight is 304 g/mol. The maximum absolute atomic E-state index is 12.8. The first-order valence-corrected chi connectivity index (χ1v) is 8.15. The van der Waals surface area contributed by atoms with E-state index >= 15 is 0 Å². The van der Waals surface area contributed by atoms with E-state index in [2.05, 4.69) is 29.4 Å². The molecule has 23 heavy (non-hydrogen) atoms. The van der Waals surface area contributed by atoms with Crippen LogP contribution in [-0.2, 0) is 0 Å². The van der Waals surface area contributed by atoms with Crippen molar-refractivity contribution in [2.75, 3.05) is 13.1 Å². The van der Waals surface area contributed by atoms with Gasteiger partial charge in [0.1, 0.15) is 0 Å². The number of amides is 1.